The Balaban J connectivity index is 1.86. The van der Waals surface area contributed by atoms with Crippen molar-refractivity contribution in [1.82, 2.24) is 4.98 Å². The van der Waals surface area contributed by atoms with Gasteiger partial charge in [0.1, 0.15) is 12.8 Å². The second-order valence-corrected chi connectivity index (χ2v) is 7.58. The van der Waals surface area contributed by atoms with E-state index in [0.29, 0.717) is 22.6 Å². The molecule has 0 fully saturated rings. The molecular formula is C16H16F3N3O3S. The van der Waals surface area contributed by atoms with E-state index in [1.54, 1.807) is 24.1 Å². The maximum Gasteiger partial charge on any atom is 0.416 e. The molecule has 0 bridgehead atoms. The predicted octanol–water partition coefficient (Wildman–Crippen LogP) is 2.93. The van der Waals surface area contributed by atoms with Gasteiger partial charge in [0.25, 0.3) is 10.1 Å². The van der Waals surface area contributed by atoms with Crippen LogP contribution in [0, 0.1) is 0 Å². The number of anilines is 2. The minimum absolute atomic E-state index is 0.120. The van der Waals surface area contributed by atoms with Gasteiger partial charge in [0.05, 0.1) is 17.5 Å². The van der Waals surface area contributed by atoms with Gasteiger partial charge in [-0.3, -0.25) is 4.18 Å². The van der Waals surface area contributed by atoms with Crippen LogP contribution in [0.5, 0.6) is 0 Å². The molecular weight excluding hydrogens is 371 g/mol. The van der Waals surface area contributed by atoms with Crippen LogP contribution in [-0.4, -0.2) is 39.5 Å². The van der Waals surface area contributed by atoms with Crippen LogP contribution in [0.15, 0.2) is 36.5 Å². The highest BCUT2D eigenvalue weighted by Crippen LogP contribution is 2.36. The highest BCUT2D eigenvalue weighted by atomic mass is 32.2. The van der Waals surface area contributed by atoms with Crippen molar-refractivity contribution in [3.8, 4) is 11.1 Å². The van der Waals surface area contributed by atoms with Crippen molar-refractivity contribution in [2.45, 2.75) is 12.3 Å². The van der Waals surface area contributed by atoms with Crippen LogP contribution in [0.3, 0.4) is 0 Å². The molecule has 0 saturated carbocycles. The topological polar surface area (TPSA) is 71.5 Å². The van der Waals surface area contributed by atoms with Gasteiger partial charge in [0.15, 0.2) is 5.82 Å². The van der Waals surface area contributed by atoms with Gasteiger partial charge in [-0.05, 0) is 23.8 Å². The largest absolute Gasteiger partial charge is 0.416 e. The number of nitrogens with one attached hydrogen (secondary N) is 1. The number of rotatable bonds is 4. The maximum absolute atomic E-state index is 12.9. The second kappa shape index (κ2) is 6.44. The molecule has 1 atom stereocenters. The average Bonchev–Trinajstić information content (AvgIpc) is 2.87. The molecule has 2 aromatic rings. The fraction of sp³-hybridized carbons (Fsp3) is 0.312. The molecule has 1 unspecified atom stereocenters. The van der Waals surface area contributed by atoms with Gasteiger partial charge in [-0.1, -0.05) is 12.1 Å². The quantitative estimate of drug-likeness (QED) is 0.814. The molecule has 3 rings (SSSR count). The van der Waals surface area contributed by atoms with Gasteiger partial charge in [0, 0.05) is 18.8 Å². The highest BCUT2D eigenvalue weighted by Gasteiger charge is 2.31. The lowest BCUT2D eigenvalue weighted by Crippen LogP contribution is -2.37. The third-order valence-corrected chi connectivity index (χ3v) is 4.52. The van der Waals surface area contributed by atoms with Crippen molar-refractivity contribution in [3.63, 3.8) is 0 Å². The van der Waals surface area contributed by atoms with E-state index >= 15 is 0 Å². The van der Waals surface area contributed by atoms with Crippen LogP contribution in [-0.2, 0) is 20.5 Å². The van der Waals surface area contributed by atoms with Gasteiger partial charge < -0.3 is 10.2 Å². The minimum Gasteiger partial charge on any atom is -0.360 e. The number of hydrogen-bond donors (Lipinski definition) is 1. The number of likely N-dealkylation sites (N-methyl/N-ethyl adjacent to an activating group) is 1. The number of alkyl halides is 3. The first-order chi connectivity index (χ1) is 12.0. The fourth-order valence-corrected chi connectivity index (χ4v) is 3.02. The van der Waals surface area contributed by atoms with Crippen molar-refractivity contribution >= 4 is 21.6 Å². The molecule has 0 radical (unpaired) electrons. The molecule has 0 amide bonds. The lowest BCUT2D eigenvalue weighted by Gasteiger charge is -2.20. The fourth-order valence-electron chi connectivity index (χ4n) is 2.64. The third-order valence-electron chi connectivity index (χ3n) is 3.95. The Bertz CT molecular complexity index is 932. The van der Waals surface area contributed by atoms with Gasteiger partial charge in [-0.15, -0.1) is 0 Å². The molecule has 1 N–H and O–H groups in total. The molecule has 1 aromatic carbocycles. The Morgan fingerprint density at radius 3 is 2.65 bits per heavy atom. The zero-order valence-electron chi connectivity index (χ0n) is 13.9. The van der Waals surface area contributed by atoms with Crippen LogP contribution < -0.4 is 10.2 Å². The summed E-state index contributed by atoms with van der Waals surface area (Å²) in [5, 5.41) is 3.06. The third kappa shape index (κ3) is 3.91. The summed E-state index contributed by atoms with van der Waals surface area (Å²) in [6.45, 7) is -0.120. The number of hydrogen-bond acceptors (Lipinski definition) is 6. The highest BCUT2D eigenvalue weighted by molar-refractivity contribution is 7.85. The Labute approximate surface area is 148 Å². The molecule has 1 aliphatic rings. The first-order valence-corrected chi connectivity index (χ1v) is 9.38. The molecule has 10 heteroatoms. The van der Waals surface area contributed by atoms with E-state index in [9.17, 15) is 21.6 Å². The van der Waals surface area contributed by atoms with Crippen LogP contribution in [0.4, 0.5) is 24.7 Å². The first-order valence-electron chi connectivity index (χ1n) is 7.56. The smallest absolute Gasteiger partial charge is 0.360 e. The molecule has 0 spiro atoms. The van der Waals surface area contributed by atoms with Crippen LogP contribution >= 0.6 is 0 Å². The van der Waals surface area contributed by atoms with E-state index in [1.165, 1.54) is 12.3 Å². The summed E-state index contributed by atoms with van der Waals surface area (Å²) in [6.07, 6.45) is -2.44. The zero-order valence-corrected chi connectivity index (χ0v) is 14.7. The normalized spacial score (nSPS) is 17.1. The van der Waals surface area contributed by atoms with Crippen molar-refractivity contribution in [3.05, 3.63) is 42.1 Å². The summed E-state index contributed by atoms with van der Waals surface area (Å²) in [5.74, 6) is 0.558. The molecule has 26 heavy (non-hydrogen) atoms. The van der Waals surface area contributed by atoms with E-state index in [2.05, 4.69) is 10.3 Å². The Kier molecular flexibility index (Phi) is 4.57. The van der Waals surface area contributed by atoms with E-state index in [1.807, 2.05) is 0 Å². The SMILES string of the molecule is CN1c2ncc(-c3cccc(C(F)(F)F)c3)cc2NC1COS(C)(=O)=O. The standard InChI is InChI=1S/C16H16F3N3O3S/c1-22-14(9-25-26(2,23)24)21-13-7-11(8-20-15(13)22)10-4-3-5-12(6-10)16(17,18)19/h3-8,14,21H,9H2,1-2H3. The van der Waals surface area contributed by atoms with Gasteiger partial charge in [-0.2, -0.15) is 21.6 Å². The molecule has 6 nitrogen and oxygen atoms in total. The zero-order chi connectivity index (χ0) is 19.1. The summed E-state index contributed by atoms with van der Waals surface area (Å²) in [4.78, 5) is 5.99. The number of pyridine rings is 1. The van der Waals surface area contributed by atoms with Crippen molar-refractivity contribution in [1.29, 1.82) is 0 Å². The Morgan fingerprint density at radius 2 is 2.00 bits per heavy atom. The number of benzene rings is 1. The molecule has 2 heterocycles. The Morgan fingerprint density at radius 1 is 1.27 bits per heavy atom. The van der Waals surface area contributed by atoms with Crippen molar-refractivity contribution in [2.75, 3.05) is 30.1 Å². The number of fused-ring (bicyclic) bond motifs is 1. The second-order valence-electron chi connectivity index (χ2n) is 5.93. The van der Waals surface area contributed by atoms with Gasteiger partial charge in [0.2, 0.25) is 0 Å². The molecule has 0 aliphatic carbocycles. The van der Waals surface area contributed by atoms with E-state index in [0.717, 1.165) is 18.4 Å². The molecule has 1 aliphatic heterocycles. The van der Waals surface area contributed by atoms with E-state index in [4.69, 9.17) is 4.18 Å². The first kappa shape index (κ1) is 18.5. The lowest BCUT2D eigenvalue weighted by molar-refractivity contribution is -0.137. The minimum atomic E-state index is -4.42. The van der Waals surface area contributed by atoms with Gasteiger partial charge in [-0.25, -0.2) is 4.98 Å². The number of nitrogens with zero attached hydrogens (tertiary/aromatic N) is 2. The van der Waals surface area contributed by atoms with E-state index < -0.39 is 28.0 Å². The number of aromatic nitrogens is 1. The monoisotopic (exact) mass is 387 g/mol. The van der Waals surface area contributed by atoms with Gasteiger partial charge >= 0.3 is 6.18 Å². The maximum atomic E-state index is 12.9. The lowest BCUT2D eigenvalue weighted by atomic mass is 10.0. The molecule has 0 saturated heterocycles. The van der Waals surface area contributed by atoms with Crippen LogP contribution in [0.2, 0.25) is 0 Å². The van der Waals surface area contributed by atoms with E-state index in [-0.39, 0.29) is 6.61 Å². The van der Waals surface area contributed by atoms with Crippen molar-refractivity contribution in [2.24, 2.45) is 0 Å². The summed E-state index contributed by atoms with van der Waals surface area (Å²) in [6, 6.07) is 6.66. The summed E-state index contributed by atoms with van der Waals surface area (Å²) in [7, 11) is -1.87. The molecule has 1 aromatic heterocycles. The van der Waals surface area contributed by atoms with Crippen LogP contribution in [0.25, 0.3) is 11.1 Å². The summed E-state index contributed by atoms with van der Waals surface area (Å²) >= 11 is 0. The van der Waals surface area contributed by atoms with Crippen LogP contribution in [0.1, 0.15) is 5.56 Å². The summed E-state index contributed by atoms with van der Waals surface area (Å²) in [5.41, 5.74) is 0.750. The summed E-state index contributed by atoms with van der Waals surface area (Å²) < 4.78 is 65.8. The Hall–Kier alpha value is -2.33. The average molecular weight is 387 g/mol. The molecule has 140 valence electrons. The predicted molar refractivity (Wildman–Crippen MR) is 91.3 cm³/mol. The van der Waals surface area contributed by atoms with Crippen molar-refractivity contribution < 1.29 is 25.8 Å². The number of halogens is 3.